The second-order valence-corrected chi connectivity index (χ2v) is 4.72. The lowest BCUT2D eigenvalue weighted by atomic mass is 10.1. The highest BCUT2D eigenvalue weighted by molar-refractivity contribution is 6.31. The average Bonchev–Trinajstić information content (AvgIpc) is 2.69. The highest BCUT2D eigenvalue weighted by Crippen LogP contribution is 2.29. The van der Waals surface area contributed by atoms with Crippen molar-refractivity contribution in [2.24, 2.45) is 0 Å². The summed E-state index contributed by atoms with van der Waals surface area (Å²) < 4.78 is 6.35. The van der Waals surface area contributed by atoms with Crippen LogP contribution in [-0.2, 0) is 17.9 Å². The Labute approximate surface area is 121 Å². The van der Waals surface area contributed by atoms with Crippen LogP contribution in [0.2, 0.25) is 5.15 Å². The maximum absolute atomic E-state index is 11.1. The number of hydrogen-bond donors (Lipinski definition) is 0. The third kappa shape index (κ3) is 2.81. The van der Waals surface area contributed by atoms with Gasteiger partial charge in [-0.05, 0) is 18.1 Å². The van der Waals surface area contributed by atoms with E-state index in [4.69, 9.17) is 16.3 Å². The molecule has 0 aliphatic heterocycles. The molecule has 1 aromatic carbocycles. The molecule has 1 aromatic heterocycles. The highest BCUT2D eigenvalue weighted by atomic mass is 35.5. The lowest BCUT2D eigenvalue weighted by molar-refractivity contribution is -0.385. The number of aromatic nitrogens is 2. The molecule has 7 heteroatoms. The number of aryl methyl sites for hydroxylation is 1. The monoisotopic (exact) mass is 295 g/mol. The number of hydrogen-bond acceptors (Lipinski definition) is 4. The molecule has 0 radical (unpaired) electrons. The fraction of sp³-hybridized carbons (Fsp3) is 0.308. The average molecular weight is 296 g/mol. The molecule has 0 saturated heterocycles. The highest BCUT2D eigenvalue weighted by Gasteiger charge is 2.26. The van der Waals surface area contributed by atoms with Gasteiger partial charge in [-0.25, -0.2) is 4.68 Å². The quantitative estimate of drug-likeness (QED) is 0.628. The van der Waals surface area contributed by atoms with Crippen LogP contribution >= 0.6 is 11.6 Å². The van der Waals surface area contributed by atoms with E-state index < -0.39 is 4.92 Å². The van der Waals surface area contributed by atoms with E-state index in [2.05, 4.69) is 5.10 Å². The standard InChI is InChI=1S/C13H14ClN3O3/c1-9-5-3-4-6-10(9)7-16-13(14)12(17(18)19)11(15-16)8-20-2/h3-6H,7-8H2,1-2H3. The van der Waals surface area contributed by atoms with Crippen molar-refractivity contribution in [2.45, 2.75) is 20.1 Å². The molecule has 2 aromatic rings. The van der Waals surface area contributed by atoms with Gasteiger partial charge in [-0.1, -0.05) is 35.9 Å². The first-order chi connectivity index (χ1) is 9.54. The molecule has 106 valence electrons. The molecule has 1 heterocycles. The van der Waals surface area contributed by atoms with Gasteiger partial charge in [0.2, 0.25) is 5.15 Å². The van der Waals surface area contributed by atoms with Crippen LogP contribution in [0, 0.1) is 17.0 Å². The number of nitrogens with zero attached hydrogens (tertiary/aromatic N) is 3. The van der Waals surface area contributed by atoms with E-state index >= 15 is 0 Å². The van der Waals surface area contributed by atoms with Crippen molar-refractivity contribution in [3.63, 3.8) is 0 Å². The molecule has 0 aliphatic rings. The van der Waals surface area contributed by atoms with Crippen LogP contribution < -0.4 is 0 Å². The summed E-state index contributed by atoms with van der Waals surface area (Å²) in [4.78, 5) is 10.5. The summed E-state index contributed by atoms with van der Waals surface area (Å²) >= 11 is 6.07. The van der Waals surface area contributed by atoms with Gasteiger partial charge in [0.1, 0.15) is 0 Å². The Morgan fingerprint density at radius 1 is 1.45 bits per heavy atom. The molecule has 0 N–H and O–H groups in total. The summed E-state index contributed by atoms with van der Waals surface area (Å²) in [5.74, 6) is 0. The smallest absolute Gasteiger partial charge is 0.331 e. The molecule has 6 nitrogen and oxygen atoms in total. The van der Waals surface area contributed by atoms with Gasteiger partial charge in [0.05, 0.1) is 18.1 Å². The molecule has 2 rings (SSSR count). The number of halogens is 1. The van der Waals surface area contributed by atoms with Crippen LogP contribution in [0.4, 0.5) is 5.69 Å². The van der Waals surface area contributed by atoms with Crippen molar-refractivity contribution < 1.29 is 9.66 Å². The predicted octanol–water partition coefficient (Wildman–Crippen LogP) is 2.95. The van der Waals surface area contributed by atoms with Gasteiger partial charge in [-0.3, -0.25) is 10.1 Å². The third-order valence-corrected chi connectivity index (χ3v) is 3.36. The summed E-state index contributed by atoms with van der Waals surface area (Å²) in [5, 5.41) is 15.3. The van der Waals surface area contributed by atoms with E-state index in [1.807, 2.05) is 31.2 Å². The maximum atomic E-state index is 11.1. The summed E-state index contributed by atoms with van der Waals surface area (Å²) in [7, 11) is 1.46. The van der Waals surface area contributed by atoms with E-state index in [0.29, 0.717) is 6.54 Å². The molecular formula is C13H14ClN3O3. The van der Waals surface area contributed by atoms with Crippen molar-refractivity contribution in [1.29, 1.82) is 0 Å². The van der Waals surface area contributed by atoms with Crippen LogP contribution in [-0.4, -0.2) is 21.8 Å². The predicted molar refractivity (Wildman–Crippen MR) is 74.9 cm³/mol. The molecule has 0 aliphatic carbocycles. The van der Waals surface area contributed by atoms with E-state index in [-0.39, 0.29) is 23.1 Å². The number of rotatable bonds is 5. The van der Waals surface area contributed by atoms with Gasteiger partial charge in [-0.15, -0.1) is 0 Å². The molecule has 0 unspecified atom stereocenters. The Morgan fingerprint density at radius 3 is 2.75 bits per heavy atom. The van der Waals surface area contributed by atoms with E-state index in [1.54, 1.807) is 0 Å². The fourth-order valence-corrected chi connectivity index (χ4v) is 2.22. The summed E-state index contributed by atoms with van der Waals surface area (Å²) in [6.45, 7) is 2.41. The van der Waals surface area contributed by atoms with Gasteiger partial charge in [0.25, 0.3) is 0 Å². The lowest BCUT2D eigenvalue weighted by Gasteiger charge is -2.06. The number of methoxy groups -OCH3 is 1. The first-order valence-electron chi connectivity index (χ1n) is 5.97. The summed E-state index contributed by atoms with van der Waals surface area (Å²) in [6.07, 6.45) is 0. The summed E-state index contributed by atoms with van der Waals surface area (Å²) in [5.41, 5.74) is 2.13. The van der Waals surface area contributed by atoms with Gasteiger partial charge in [0, 0.05) is 7.11 Å². The zero-order valence-corrected chi connectivity index (χ0v) is 11.9. The van der Waals surface area contributed by atoms with Crippen molar-refractivity contribution in [2.75, 3.05) is 7.11 Å². The Hall–Kier alpha value is -1.92. The Morgan fingerprint density at radius 2 is 2.15 bits per heavy atom. The van der Waals surface area contributed by atoms with Crippen LogP contribution in [0.25, 0.3) is 0 Å². The second-order valence-electron chi connectivity index (χ2n) is 4.36. The van der Waals surface area contributed by atoms with Gasteiger partial charge < -0.3 is 4.74 Å². The molecule has 0 saturated carbocycles. The minimum absolute atomic E-state index is 0.0188. The molecule has 0 amide bonds. The van der Waals surface area contributed by atoms with E-state index in [1.165, 1.54) is 11.8 Å². The zero-order chi connectivity index (χ0) is 14.7. The Kier molecular flexibility index (Phi) is 4.36. The number of nitro groups is 1. The van der Waals surface area contributed by atoms with Gasteiger partial charge in [-0.2, -0.15) is 5.10 Å². The SMILES string of the molecule is COCc1nn(Cc2ccccc2C)c(Cl)c1[N+](=O)[O-]. The molecule has 0 bridgehead atoms. The molecular weight excluding hydrogens is 282 g/mol. The second kappa shape index (κ2) is 6.02. The van der Waals surface area contributed by atoms with Crippen molar-refractivity contribution in [1.82, 2.24) is 9.78 Å². The van der Waals surface area contributed by atoms with Gasteiger partial charge in [0.15, 0.2) is 5.69 Å². The van der Waals surface area contributed by atoms with Crippen molar-refractivity contribution in [3.8, 4) is 0 Å². The third-order valence-electron chi connectivity index (χ3n) is 2.98. The van der Waals surface area contributed by atoms with Crippen molar-refractivity contribution in [3.05, 3.63) is 56.4 Å². The topological polar surface area (TPSA) is 70.2 Å². The van der Waals surface area contributed by atoms with E-state index in [9.17, 15) is 10.1 Å². The molecule has 0 fully saturated rings. The van der Waals surface area contributed by atoms with Crippen LogP contribution in [0.15, 0.2) is 24.3 Å². The van der Waals surface area contributed by atoms with Crippen LogP contribution in [0.1, 0.15) is 16.8 Å². The first kappa shape index (κ1) is 14.5. The number of ether oxygens (including phenoxy) is 1. The zero-order valence-electron chi connectivity index (χ0n) is 11.2. The minimum Gasteiger partial charge on any atom is -0.378 e. The Balaban J connectivity index is 2.40. The lowest BCUT2D eigenvalue weighted by Crippen LogP contribution is -2.04. The minimum atomic E-state index is -0.530. The molecule has 20 heavy (non-hydrogen) atoms. The van der Waals surface area contributed by atoms with Gasteiger partial charge >= 0.3 is 5.69 Å². The normalized spacial score (nSPS) is 10.8. The maximum Gasteiger partial charge on any atom is 0.331 e. The van der Waals surface area contributed by atoms with Crippen LogP contribution in [0.5, 0.6) is 0 Å². The fourth-order valence-electron chi connectivity index (χ4n) is 1.95. The number of benzene rings is 1. The molecule has 0 spiro atoms. The van der Waals surface area contributed by atoms with E-state index in [0.717, 1.165) is 11.1 Å². The van der Waals surface area contributed by atoms with Crippen LogP contribution in [0.3, 0.4) is 0 Å². The largest absolute Gasteiger partial charge is 0.378 e. The summed E-state index contributed by atoms with van der Waals surface area (Å²) in [6, 6.07) is 7.75. The Bertz CT molecular complexity index is 640. The molecule has 0 atom stereocenters. The van der Waals surface area contributed by atoms with Crippen molar-refractivity contribution >= 4 is 17.3 Å². The first-order valence-corrected chi connectivity index (χ1v) is 6.35.